The molecule has 12 heavy (non-hydrogen) atoms. The largest absolute Gasteiger partial charge is 0.297 e. The van der Waals surface area contributed by atoms with Crippen molar-refractivity contribution in [3.63, 3.8) is 0 Å². The molecule has 1 saturated heterocycles. The van der Waals surface area contributed by atoms with E-state index in [-0.39, 0.29) is 6.54 Å². The van der Waals surface area contributed by atoms with Crippen LogP contribution in [0.5, 0.6) is 0 Å². The molecule has 1 heterocycles. The Bertz CT molecular complexity index is 128. The highest BCUT2D eigenvalue weighted by Gasteiger charge is 2.20. The molecule has 72 valence electrons. The molecule has 0 saturated carbocycles. The molecule has 0 aliphatic carbocycles. The molecule has 0 aromatic carbocycles. The Labute approximate surface area is 72.7 Å². The fourth-order valence-electron chi connectivity index (χ4n) is 1.85. The molecule has 1 fully saturated rings. The first kappa shape index (κ1) is 9.90. The van der Waals surface area contributed by atoms with E-state index in [0.29, 0.717) is 5.92 Å². The van der Waals surface area contributed by atoms with Gasteiger partial charge in [-0.3, -0.25) is 4.90 Å². The lowest BCUT2D eigenvalue weighted by molar-refractivity contribution is 0.0643. The molecule has 1 nitrogen and oxygen atoms in total. The van der Waals surface area contributed by atoms with Gasteiger partial charge in [0.1, 0.15) is 0 Å². The summed E-state index contributed by atoms with van der Waals surface area (Å²) in [4.78, 5) is 1.89. The summed E-state index contributed by atoms with van der Waals surface area (Å²) in [7, 11) is 0. The van der Waals surface area contributed by atoms with Gasteiger partial charge in [-0.2, -0.15) is 0 Å². The van der Waals surface area contributed by atoms with Crippen molar-refractivity contribution in [3.05, 3.63) is 0 Å². The molecule has 0 bridgehead atoms. The Morgan fingerprint density at radius 2 is 2.25 bits per heavy atom. The molecule has 3 heteroatoms. The lowest BCUT2D eigenvalue weighted by atomic mass is 9.96. The summed E-state index contributed by atoms with van der Waals surface area (Å²) in [5.41, 5.74) is 0. The molecule has 1 aliphatic heterocycles. The zero-order valence-corrected chi connectivity index (χ0v) is 7.60. The van der Waals surface area contributed by atoms with Crippen molar-refractivity contribution in [1.29, 1.82) is 0 Å². The number of nitrogens with zero attached hydrogens (tertiary/aromatic N) is 1. The van der Waals surface area contributed by atoms with E-state index in [9.17, 15) is 8.78 Å². The van der Waals surface area contributed by atoms with Crippen LogP contribution in [0.25, 0.3) is 0 Å². The SMILES string of the molecule is CCC1CCCN(CC(F)F)C1. The second-order valence-corrected chi connectivity index (χ2v) is 3.57. The van der Waals surface area contributed by atoms with Crippen LogP contribution in [0.1, 0.15) is 26.2 Å². The van der Waals surface area contributed by atoms with Crippen LogP contribution in [0.15, 0.2) is 0 Å². The van der Waals surface area contributed by atoms with E-state index in [1.165, 1.54) is 6.42 Å². The summed E-state index contributed by atoms with van der Waals surface area (Å²) in [5, 5.41) is 0. The topological polar surface area (TPSA) is 3.24 Å². The van der Waals surface area contributed by atoms with Crippen LogP contribution in [0, 0.1) is 5.92 Å². The van der Waals surface area contributed by atoms with Crippen LogP contribution >= 0.6 is 0 Å². The normalized spacial score (nSPS) is 26.5. The number of halogens is 2. The molecule has 1 rings (SSSR count). The van der Waals surface area contributed by atoms with Crippen LogP contribution in [0.2, 0.25) is 0 Å². The maximum absolute atomic E-state index is 12.0. The monoisotopic (exact) mass is 177 g/mol. The van der Waals surface area contributed by atoms with Crippen molar-refractivity contribution in [1.82, 2.24) is 4.90 Å². The summed E-state index contributed by atoms with van der Waals surface area (Å²) in [6.45, 7) is 3.84. The van der Waals surface area contributed by atoms with E-state index in [1.807, 2.05) is 4.90 Å². The zero-order valence-electron chi connectivity index (χ0n) is 7.60. The molecule has 0 N–H and O–H groups in total. The number of hydrogen-bond donors (Lipinski definition) is 0. The van der Waals surface area contributed by atoms with Crippen molar-refractivity contribution in [2.45, 2.75) is 32.6 Å². The van der Waals surface area contributed by atoms with Crippen LogP contribution in [0.3, 0.4) is 0 Å². The first-order valence-electron chi connectivity index (χ1n) is 4.73. The smallest absolute Gasteiger partial charge is 0.251 e. The molecular formula is C9H17F2N. The molecule has 0 aromatic rings. The minimum absolute atomic E-state index is 0.0312. The molecule has 1 aliphatic rings. The highest BCUT2D eigenvalue weighted by molar-refractivity contribution is 4.72. The summed E-state index contributed by atoms with van der Waals surface area (Å²) in [6.07, 6.45) is 1.27. The van der Waals surface area contributed by atoms with Gasteiger partial charge in [0.05, 0.1) is 6.54 Å². The number of rotatable bonds is 3. The van der Waals surface area contributed by atoms with Gasteiger partial charge in [0.2, 0.25) is 0 Å². The summed E-state index contributed by atoms with van der Waals surface area (Å²) in [6, 6.07) is 0. The molecular weight excluding hydrogens is 160 g/mol. The average Bonchev–Trinajstić information content (AvgIpc) is 2.03. The fraction of sp³-hybridized carbons (Fsp3) is 1.00. The van der Waals surface area contributed by atoms with Crippen molar-refractivity contribution in [3.8, 4) is 0 Å². The van der Waals surface area contributed by atoms with Gasteiger partial charge in [0, 0.05) is 6.54 Å². The maximum atomic E-state index is 12.0. The van der Waals surface area contributed by atoms with Gasteiger partial charge in [-0.1, -0.05) is 13.3 Å². The summed E-state index contributed by atoms with van der Waals surface area (Å²) in [5.74, 6) is 0.650. The second kappa shape index (κ2) is 4.75. The third-order valence-corrected chi connectivity index (χ3v) is 2.58. The number of piperidine rings is 1. The van der Waals surface area contributed by atoms with Crippen LogP contribution in [-0.2, 0) is 0 Å². The lowest BCUT2D eigenvalue weighted by Gasteiger charge is -2.31. The minimum atomic E-state index is -2.17. The van der Waals surface area contributed by atoms with Gasteiger partial charge in [-0.05, 0) is 25.3 Å². The van der Waals surface area contributed by atoms with E-state index < -0.39 is 6.43 Å². The van der Waals surface area contributed by atoms with Crippen molar-refractivity contribution in [2.24, 2.45) is 5.92 Å². The van der Waals surface area contributed by atoms with Gasteiger partial charge in [-0.25, -0.2) is 8.78 Å². The Balaban J connectivity index is 2.25. The number of alkyl halides is 2. The third kappa shape index (κ3) is 3.05. The number of likely N-dealkylation sites (tertiary alicyclic amines) is 1. The van der Waals surface area contributed by atoms with E-state index in [2.05, 4.69) is 6.92 Å². The standard InChI is InChI=1S/C9H17F2N/c1-2-8-4-3-5-12(6-8)7-9(10)11/h8-9H,2-7H2,1H3. The van der Waals surface area contributed by atoms with Crippen molar-refractivity contribution < 1.29 is 8.78 Å². The summed E-state index contributed by atoms with van der Waals surface area (Å²) < 4.78 is 24.0. The van der Waals surface area contributed by atoms with Gasteiger partial charge in [0.15, 0.2) is 0 Å². The maximum Gasteiger partial charge on any atom is 0.251 e. The molecule has 1 atom stereocenters. The molecule has 0 aromatic heterocycles. The van der Waals surface area contributed by atoms with Crippen LogP contribution < -0.4 is 0 Å². The first-order valence-corrected chi connectivity index (χ1v) is 4.73. The Morgan fingerprint density at radius 1 is 1.50 bits per heavy atom. The van der Waals surface area contributed by atoms with Gasteiger partial charge >= 0.3 is 0 Å². The highest BCUT2D eigenvalue weighted by atomic mass is 19.3. The molecule has 0 amide bonds. The highest BCUT2D eigenvalue weighted by Crippen LogP contribution is 2.19. The lowest BCUT2D eigenvalue weighted by Crippen LogP contribution is -2.38. The van der Waals surface area contributed by atoms with Gasteiger partial charge in [-0.15, -0.1) is 0 Å². The van der Waals surface area contributed by atoms with Crippen molar-refractivity contribution in [2.75, 3.05) is 19.6 Å². The Hall–Kier alpha value is -0.180. The molecule has 1 unspecified atom stereocenters. The molecule has 0 spiro atoms. The van der Waals surface area contributed by atoms with Crippen LogP contribution in [0.4, 0.5) is 8.78 Å². The van der Waals surface area contributed by atoms with Crippen molar-refractivity contribution >= 4 is 0 Å². The van der Waals surface area contributed by atoms with Crippen LogP contribution in [-0.4, -0.2) is 31.0 Å². The number of hydrogen-bond acceptors (Lipinski definition) is 1. The summed E-state index contributed by atoms with van der Waals surface area (Å²) >= 11 is 0. The van der Waals surface area contributed by atoms with E-state index >= 15 is 0 Å². The van der Waals surface area contributed by atoms with Gasteiger partial charge in [0.25, 0.3) is 6.43 Å². The predicted molar refractivity (Wildman–Crippen MR) is 45.5 cm³/mol. The van der Waals surface area contributed by atoms with Gasteiger partial charge < -0.3 is 0 Å². The Morgan fingerprint density at radius 3 is 2.83 bits per heavy atom. The zero-order chi connectivity index (χ0) is 8.97. The average molecular weight is 177 g/mol. The minimum Gasteiger partial charge on any atom is -0.297 e. The predicted octanol–water partition coefficient (Wildman–Crippen LogP) is 2.37. The van der Waals surface area contributed by atoms with E-state index in [0.717, 1.165) is 25.9 Å². The fourth-order valence-corrected chi connectivity index (χ4v) is 1.85. The quantitative estimate of drug-likeness (QED) is 0.639. The first-order chi connectivity index (χ1) is 5.72. The Kier molecular flexibility index (Phi) is 3.92. The third-order valence-electron chi connectivity index (χ3n) is 2.58. The second-order valence-electron chi connectivity index (χ2n) is 3.57. The van der Waals surface area contributed by atoms with E-state index in [4.69, 9.17) is 0 Å². The van der Waals surface area contributed by atoms with E-state index in [1.54, 1.807) is 0 Å². The molecule has 0 radical (unpaired) electrons.